The van der Waals surface area contributed by atoms with Gasteiger partial charge in [-0.3, -0.25) is 4.90 Å². The van der Waals surface area contributed by atoms with Gasteiger partial charge in [-0.15, -0.1) is 0 Å². The van der Waals surface area contributed by atoms with Gasteiger partial charge in [-0.2, -0.15) is 0 Å². The van der Waals surface area contributed by atoms with E-state index in [9.17, 15) is 0 Å². The predicted octanol–water partition coefficient (Wildman–Crippen LogP) is 4.48. The van der Waals surface area contributed by atoms with Crippen molar-refractivity contribution in [2.75, 3.05) is 13.6 Å². The third-order valence-corrected chi connectivity index (χ3v) is 4.48. The summed E-state index contributed by atoms with van der Waals surface area (Å²) < 4.78 is 0. The molecule has 1 aliphatic rings. The van der Waals surface area contributed by atoms with Crippen molar-refractivity contribution in [2.24, 2.45) is 0 Å². The number of benzene rings is 2. The average molecular weight is 272 g/mol. The van der Waals surface area contributed by atoms with Crippen LogP contribution >= 0.6 is 11.6 Å². The second-order valence-electron chi connectivity index (χ2n) is 5.35. The quantitative estimate of drug-likeness (QED) is 0.739. The van der Waals surface area contributed by atoms with E-state index in [4.69, 9.17) is 11.6 Å². The number of halogens is 1. The third-order valence-electron chi connectivity index (χ3n) is 4.23. The molecule has 0 saturated carbocycles. The maximum atomic E-state index is 5.99. The molecule has 0 bridgehead atoms. The Morgan fingerprint density at radius 1 is 1.00 bits per heavy atom. The summed E-state index contributed by atoms with van der Waals surface area (Å²) in [6.07, 6.45) is 0. The van der Waals surface area contributed by atoms with E-state index in [2.05, 4.69) is 55.3 Å². The Morgan fingerprint density at radius 3 is 2.32 bits per heavy atom. The van der Waals surface area contributed by atoms with E-state index in [0.717, 1.165) is 11.6 Å². The molecular formula is C17H18ClN. The summed E-state index contributed by atoms with van der Waals surface area (Å²) in [5.41, 5.74) is 4.24. The van der Waals surface area contributed by atoms with Crippen LogP contribution in [0.4, 0.5) is 0 Å². The minimum atomic E-state index is 0.440. The summed E-state index contributed by atoms with van der Waals surface area (Å²) in [5.74, 6) is 0.440. The number of nitrogens with zero attached hydrogens (tertiary/aromatic N) is 1. The van der Waals surface area contributed by atoms with E-state index in [1.165, 1.54) is 16.7 Å². The molecule has 98 valence electrons. The minimum Gasteiger partial charge on any atom is -0.299 e. The fourth-order valence-corrected chi connectivity index (χ4v) is 3.10. The van der Waals surface area contributed by atoms with Gasteiger partial charge in [0.05, 0.1) is 0 Å². The first-order chi connectivity index (χ1) is 9.16. The number of likely N-dealkylation sites (N-methyl/N-ethyl adjacent to an activating group) is 1. The first kappa shape index (κ1) is 12.7. The lowest BCUT2D eigenvalue weighted by molar-refractivity contribution is 0.234. The first-order valence-electron chi connectivity index (χ1n) is 6.71. The Hall–Kier alpha value is -1.31. The molecule has 0 amide bonds. The molecule has 2 aromatic rings. The molecule has 19 heavy (non-hydrogen) atoms. The van der Waals surface area contributed by atoms with Gasteiger partial charge >= 0.3 is 0 Å². The van der Waals surface area contributed by atoms with Crippen LogP contribution in [0.5, 0.6) is 0 Å². The van der Waals surface area contributed by atoms with Crippen LogP contribution in [0, 0.1) is 0 Å². The molecule has 1 heterocycles. The standard InChI is InChI=1S/C17H18ClN/c1-12-15-5-3-4-6-16(15)17(11-19(12)2)13-7-9-14(18)10-8-13/h3-10,12,17H,11H2,1-2H3. The van der Waals surface area contributed by atoms with Gasteiger partial charge in [0.25, 0.3) is 0 Å². The van der Waals surface area contributed by atoms with Gasteiger partial charge in [0.1, 0.15) is 0 Å². The second kappa shape index (κ2) is 4.99. The molecule has 0 spiro atoms. The maximum absolute atomic E-state index is 5.99. The van der Waals surface area contributed by atoms with Crippen LogP contribution in [0.2, 0.25) is 5.02 Å². The van der Waals surface area contributed by atoms with Gasteiger partial charge in [-0.05, 0) is 42.8 Å². The molecule has 0 radical (unpaired) electrons. The Morgan fingerprint density at radius 2 is 1.63 bits per heavy atom. The van der Waals surface area contributed by atoms with Gasteiger partial charge < -0.3 is 0 Å². The van der Waals surface area contributed by atoms with E-state index in [1.54, 1.807) is 0 Å². The normalized spacial score (nSPS) is 23.1. The second-order valence-corrected chi connectivity index (χ2v) is 5.79. The number of hydrogen-bond donors (Lipinski definition) is 0. The number of hydrogen-bond acceptors (Lipinski definition) is 1. The molecular weight excluding hydrogens is 254 g/mol. The van der Waals surface area contributed by atoms with Crippen molar-refractivity contribution < 1.29 is 0 Å². The lowest BCUT2D eigenvalue weighted by atomic mass is 9.82. The average Bonchev–Trinajstić information content (AvgIpc) is 2.44. The van der Waals surface area contributed by atoms with E-state index in [0.29, 0.717) is 12.0 Å². The molecule has 0 aromatic heterocycles. The van der Waals surface area contributed by atoms with E-state index in [-0.39, 0.29) is 0 Å². The Labute approximate surface area is 119 Å². The topological polar surface area (TPSA) is 3.24 Å². The van der Waals surface area contributed by atoms with Gasteiger partial charge in [-0.25, -0.2) is 0 Å². The van der Waals surface area contributed by atoms with Crippen molar-refractivity contribution in [3.05, 3.63) is 70.2 Å². The molecule has 0 fully saturated rings. The van der Waals surface area contributed by atoms with E-state index in [1.807, 2.05) is 12.1 Å². The third kappa shape index (κ3) is 2.29. The van der Waals surface area contributed by atoms with Crippen LogP contribution in [0.15, 0.2) is 48.5 Å². The summed E-state index contributed by atoms with van der Waals surface area (Å²) in [5, 5.41) is 0.801. The zero-order valence-corrected chi connectivity index (χ0v) is 12.1. The Kier molecular flexibility index (Phi) is 3.34. The lowest BCUT2D eigenvalue weighted by Crippen LogP contribution is -2.33. The smallest absolute Gasteiger partial charge is 0.0406 e. The van der Waals surface area contributed by atoms with Crippen molar-refractivity contribution in [1.29, 1.82) is 0 Å². The Bertz CT molecular complexity index is 576. The van der Waals surface area contributed by atoms with Crippen molar-refractivity contribution in [3.63, 3.8) is 0 Å². The van der Waals surface area contributed by atoms with Gasteiger partial charge in [0, 0.05) is 23.5 Å². The fourth-order valence-electron chi connectivity index (χ4n) is 2.97. The number of fused-ring (bicyclic) bond motifs is 1. The number of rotatable bonds is 1. The van der Waals surface area contributed by atoms with Crippen molar-refractivity contribution in [2.45, 2.75) is 18.9 Å². The summed E-state index contributed by atoms with van der Waals surface area (Å²) in [6.45, 7) is 3.33. The van der Waals surface area contributed by atoms with Crippen LogP contribution in [-0.2, 0) is 0 Å². The lowest BCUT2D eigenvalue weighted by Gasteiger charge is -2.37. The highest BCUT2D eigenvalue weighted by molar-refractivity contribution is 6.30. The molecule has 2 heteroatoms. The molecule has 2 unspecified atom stereocenters. The van der Waals surface area contributed by atoms with Crippen LogP contribution in [0.25, 0.3) is 0 Å². The van der Waals surface area contributed by atoms with E-state index < -0.39 is 0 Å². The van der Waals surface area contributed by atoms with Gasteiger partial charge in [-0.1, -0.05) is 48.0 Å². The highest BCUT2D eigenvalue weighted by Gasteiger charge is 2.28. The molecule has 2 atom stereocenters. The molecule has 0 saturated heterocycles. The zero-order valence-electron chi connectivity index (χ0n) is 11.3. The maximum Gasteiger partial charge on any atom is 0.0406 e. The SMILES string of the molecule is CC1c2ccccc2C(c2ccc(Cl)cc2)CN1C. The molecule has 3 rings (SSSR count). The molecule has 0 aliphatic carbocycles. The predicted molar refractivity (Wildman–Crippen MR) is 80.8 cm³/mol. The molecule has 2 aromatic carbocycles. The monoisotopic (exact) mass is 271 g/mol. The molecule has 1 aliphatic heterocycles. The van der Waals surface area contributed by atoms with Crippen molar-refractivity contribution in [3.8, 4) is 0 Å². The van der Waals surface area contributed by atoms with Gasteiger partial charge in [0.15, 0.2) is 0 Å². The highest BCUT2D eigenvalue weighted by Crippen LogP contribution is 2.38. The van der Waals surface area contributed by atoms with Crippen LogP contribution in [-0.4, -0.2) is 18.5 Å². The largest absolute Gasteiger partial charge is 0.299 e. The fraction of sp³-hybridized carbons (Fsp3) is 0.294. The summed E-state index contributed by atoms with van der Waals surface area (Å²) in [6, 6.07) is 17.5. The van der Waals surface area contributed by atoms with Crippen molar-refractivity contribution >= 4 is 11.6 Å². The van der Waals surface area contributed by atoms with Crippen LogP contribution in [0.3, 0.4) is 0 Å². The highest BCUT2D eigenvalue weighted by atomic mass is 35.5. The summed E-state index contributed by atoms with van der Waals surface area (Å²) in [7, 11) is 2.20. The minimum absolute atomic E-state index is 0.440. The Balaban J connectivity index is 2.07. The van der Waals surface area contributed by atoms with Crippen LogP contribution < -0.4 is 0 Å². The van der Waals surface area contributed by atoms with Crippen LogP contribution in [0.1, 0.15) is 35.6 Å². The zero-order chi connectivity index (χ0) is 13.4. The molecule has 0 N–H and O–H groups in total. The van der Waals surface area contributed by atoms with E-state index >= 15 is 0 Å². The summed E-state index contributed by atoms with van der Waals surface area (Å²) >= 11 is 5.99. The van der Waals surface area contributed by atoms with Crippen molar-refractivity contribution in [1.82, 2.24) is 4.90 Å². The first-order valence-corrected chi connectivity index (χ1v) is 7.09. The molecule has 1 nitrogen and oxygen atoms in total. The van der Waals surface area contributed by atoms with Gasteiger partial charge in [0.2, 0.25) is 0 Å². The summed E-state index contributed by atoms with van der Waals surface area (Å²) in [4.78, 5) is 2.42.